The Bertz CT molecular complexity index is 209. The maximum atomic E-state index is 4.05. The van der Waals surface area contributed by atoms with Crippen LogP contribution in [-0.4, -0.2) is 10.2 Å². The number of aromatic nitrogens is 2. The van der Waals surface area contributed by atoms with Gasteiger partial charge in [-0.25, -0.2) is 0 Å². The predicted octanol–water partition coefficient (Wildman–Crippen LogP) is 2.60. The van der Waals surface area contributed by atoms with Gasteiger partial charge in [0.05, 0.1) is 4.43 Å². The Morgan fingerprint density at radius 3 is 2.50 bits per heavy atom. The van der Waals surface area contributed by atoms with Crippen molar-refractivity contribution in [3.63, 3.8) is 0 Å². The van der Waals surface area contributed by atoms with Gasteiger partial charge in [-0.3, -0.25) is 0 Å². The van der Waals surface area contributed by atoms with E-state index in [1.54, 1.807) is 11.3 Å². The quantitative estimate of drug-likeness (QED) is 0.608. The van der Waals surface area contributed by atoms with E-state index >= 15 is 0 Å². The molecule has 0 aliphatic carbocycles. The highest BCUT2D eigenvalue weighted by Gasteiger charge is 2.05. The van der Waals surface area contributed by atoms with Crippen LogP contribution in [0.1, 0.15) is 29.8 Å². The molecule has 0 N–H and O–H groups in total. The van der Waals surface area contributed by atoms with E-state index in [0.717, 1.165) is 14.4 Å². The molecule has 1 aromatic rings. The summed E-state index contributed by atoms with van der Waals surface area (Å²) in [5.41, 5.74) is 0. The van der Waals surface area contributed by atoms with E-state index in [1.165, 1.54) is 0 Å². The van der Waals surface area contributed by atoms with E-state index in [-0.39, 0.29) is 0 Å². The average molecular weight is 268 g/mol. The van der Waals surface area contributed by atoms with Crippen LogP contribution in [0.5, 0.6) is 0 Å². The van der Waals surface area contributed by atoms with Gasteiger partial charge in [0.1, 0.15) is 10.0 Å². The van der Waals surface area contributed by atoms with Gasteiger partial charge in [-0.2, -0.15) is 0 Å². The molecule has 56 valence electrons. The van der Waals surface area contributed by atoms with Gasteiger partial charge in [-0.05, 0) is 0 Å². The van der Waals surface area contributed by atoms with Gasteiger partial charge < -0.3 is 0 Å². The zero-order valence-electron chi connectivity index (χ0n) is 5.97. The van der Waals surface area contributed by atoms with Crippen molar-refractivity contribution in [1.29, 1.82) is 0 Å². The van der Waals surface area contributed by atoms with Crippen LogP contribution in [0.3, 0.4) is 0 Å². The molecule has 4 heteroatoms. The maximum Gasteiger partial charge on any atom is 0.127 e. The molecule has 0 amide bonds. The fourth-order valence-electron chi connectivity index (χ4n) is 0.554. The second-order valence-electron chi connectivity index (χ2n) is 2.32. The summed E-state index contributed by atoms with van der Waals surface area (Å²) in [5, 5.41) is 10.3. The molecule has 1 heterocycles. The number of halogens is 1. The molecule has 0 spiro atoms. The maximum absolute atomic E-state index is 4.05. The third kappa shape index (κ3) is 1.88. The summed E-state index contributed by atoms with van der Waals surface area (Å²) in [4.78, 5) is 0. The lowest BCUT2D eigenvalue weighted by Crippen LogP contribution is -1.83. The molecule has 0 bridgehead atoms. The Morgan fingerprint density at radius 2 is 2.20 bits per heavy atom. The van der Waals surface area contributed by atoms with Crippen molar-refractivity contribution in [2.24, 2.45) is 0 Å². The Kier molecular flexibility index (Phi) is 3.03. The molecular weight excluding hydrogens is 259 g/mol. The Balaban J connectivity index is 2.78. The van der Waals surface area contributed by atoms with Gasteiger partial charge in [0.2, 0.25) is 0 Å². The third-order valence-corrected chi connectivity index (χ3v) is 3.55. The number of hydrogen-bond acceptors (Lipinski definition) is 3. The van der Waals surface area contributed by atoms with Gasteiger partial charge in [0, 0.05) is 5.92 Å². The van der Waals surface area contributed by atoms with Crippen LogP contribution in [-0.2, 0) is 4.43 Å². The minimum absolute atomic E-state index is 0.522. The molecule has 0 aliphatic heterocycles. The van der Waals surface area contributed by atoms with Crippen molar-refractivity contribution in [3.05, 3.63) is 10.0 Å². The summed E-state index contributed by atoms with van der Waals surface area (Å²) >= 11 is 4.01. The molecule has 0 radical (unpaired) electrons. The topological polar surface area (TPSA) is 25.8 Å². The SMILES string of the molecule is CC(C)c1nnc(CI)s1. The molecule has 0 unspecified atom stereocenters. The number of hydrogen-bond donors (Lipinski definition) is 0. The Hall–Kier alpha value is 0.290. The lowest BCUT2D eigenvalue weighted by molar-refractivity contribution is 0.821. The van der Waals surface area contributed by atoms with Crippen LogP contribution in [0.25, 0.3) is 0 Å². The van der Waals surface area contributed by atoms with Crippen LogP contribution < -0.4 is 0 Å². The van der Waals surface area contributed by atoms with Crippen molar-refractivity contribution >= 4 is 33.9 Å². The van der Waals surface area contributed by atoms with Crippen LogP contribution >= 0.6 is 33.9 Å². The summed E-state index contributed by atoms with van der Waals surface area (Å²) in [6.07, 6.45) is 0. The van der Waals surface area contributed by atoms with Crippen molar-refractivity contribution < 1.29 is 0 Å². The number of nitrogens with zero attached hydrogens (tertiary/aromatic N) is 2. The predicted molar refractivity (Wildman–Crippen MR) is 51.7 cm³/mol. The average Bonchev–Trinajstić information content (AvgIpc) is 2.34. The highest BCUT2D eigenvalue weighted by Crippen LogP contribution is 2.20. The first-order chi connectivity index (χ1) is 4.74. The standard InChI is InChI=1S/C6H9IN2S/c1-4(2)6-9-8-5(3-7)10-6/h4H,3H2,1-2H3. The van der Waals surface area contributed by atoms with Crippen molar-refractivity contribution in [2.75, 3.05) is 0 Å². The summed E-state index contributed by atoms with van der Waals surface area (Å²) in [6, 6.07) is 0. The van der Waals surface area contributed by atoms with E-state index in [2.05, 4.69) is 46.6 Å². The lowest BCUT2D eigenvalue weighted by atomic mass is 10.2. The van der Waals surface area contributed by atoms with Gasteiger partial charge in [0.25, 0.3) is 0 Å². The summed E-state index contributed by atoms with van der Waals surface area (Å²) in [6.45, 7) is 4.27. The largest absolute Gasteiger partial charge is 0.143 e. The summed E-state index contributed by atoms with van der Waals surface area (Å²) in [7, 11) is 0. The van der Waals surface area contributed by atoms with Crippen LogP contribution in [0.15, 0.2) is 0 Å². The highest BCUT2D eigenvalue weighted by molar-refractivity contribution is 14.1. The lowest BCUT2D eigenvalue weighted by Gasteiger charge is -1.92. The normalized spacial score (nSPS) is 10.8. The molecule has 0 saturated carbocycles. The van der Waals surface area contributed by atoms with Gasteiger partial charge in [-0.1, -0.05) is 36.4 Å². The minimum Gasteiger partial charge on any atom is -0.143 e. The molecular formula is C6H9IN2S. The van der Waals surface area contributed by atoms with E-state index in [4.69, 9.17) is 0 Å². The monoisotopic (exact) mass is 268 g/mol. The number of rotatable bonds is 2. The Morgan fingerprint density at radius 1 is 1.50 bits per heavy atom. The molecule has 0 aliphatic rings. The van der Waals surface area contributed by atoms with E-state index in [0.29, 0.717) is 5.92 Å². The summed E-state index contributed by atoms with van der Waals surface area (Å²) < 4.78 is 0.974. The minimum atomic E-state index is 0.522. The molecule has 1 aromatic heterocycles. The smallest absolute Gasteiger partial charge is 0.127 e. The zero-order chi connectivity index (χ0) is 7.56. The highest BCUT2D eigenvalue weighted by atomic mass is 127. The van der Waals surface area contributed by atoms with Gasteiger partial charge in [0.15, 0.2) is 0 Å². The third-order valence-electron chi connectivity index (χ3n) is 1.09. The molecule has 0 aromatic carbocycles. The second kappa shape index (κ2) is 3.61. The van der Waals surface area contributed by atoms with Crippen LogP contribution in [0.2, 0.25) is 0 Å². The Labute approximate surface area is 78.2 Å². The van der Waals surface area contributed by atoms with E-state index in [9.17, 15) is 0 Å². The van der Waals surface area contributed by atoms with Crippen LogP contribution in [0, 0.1) is 0 Å². The van der Waals surface area contributed by atoms with Gasteiger partial charge in [-0.15, -0.1) is 21.5 Å². The van der Waals surface area contributed by atoms with E-state index in [1.807, 2.05) is 0 Å². The van der Waals surface area contributed by atoms with Crippen molar-refractivity contribution in [3.8, 4) is 0 Å². The van der Waals surface area contributed by atoms with Crippen LogP contribution in [0.4, 0.5) is 0 Å². The molecule has 1 rings (SSSR count). The summed E-state index contributed by atoms with van der Waals surface area (Å²) in [5.74, 6) is 0.522. The van der Waals surface area contributed by atoms with Crippen molar-refractivity contribution in [1.82, 2.24) is 10.2 Å². The molecule has 0 saturated heterocycles. The number of alkyl halides is 1. The zero-order valence-corrected chi connectivity index (χ0v) is 8.94. The van der Waals surface area contributed by atoms with Gasteiger partial charge >= 0.3 is 0 Å². The fraction of sp³-hybridized carbons (Fsp3) is 0.667. The first-order valence-corrected chi connectivity index (χ1v) is 5.46. The van der Waals surface area contributed by atoms with Crippen molar-refractivity contribution in [2.45, 2.75) is 24.2 Å². The molecule has 0 fully saturated rings. The second-order valence-corrected chi connectivity index (χ2v) is 4.18. The molecule has 0 atom stereocenters. The fourth-order valence-corrected chi connectivity index (χ4v) is 1.87. The molecule has 2 nitrogen and oxygen atoms in total. The first kappa shape index (κ1) is 8.39. The molecule has 10 heavy (non-hydrogen) atoms. The first-order valence-electron chi connectivity index (χ1n) is 3.12. The van der Waals surface area contributed by atoms with E-state index < -0.39 is 0 Å².